The lowest BCUT2D eigenvalue weighted by atomic mass is 10.1. The first-order chi connectivity index (χ1) is 20.0. The highest BCUT2D eigenvalue weighted by Crippen LogP contribution is 2.26. The molecule has 42 heavy (non-hydrogen) atoms. The third kappa shape index (κ3) is 7.21. The van der Waals surface area contributed by atoms with Gasteiger partial charge in [-0.2, -0.15) is 5.10 Å². The Bertz CT molecular complexity index is 1600. The third-order valence-corrected chi connectivity index (χ3v) is 7.40. The smallest absolute Gasteiger partial charge is 0.347 e. The molecule has 9 heteroatoms. The number of ether oxygens (including phenoxy) is 3. The zero-order valence-electron chi connectivity index (χ0n) is 25.1. The molecule has 0 amide bonds. The summed E-state index contributed by atoms with van der Waals surface area (Å²) in [6.07, 6.45) is 2.12. The lowest BCUT2D eigenvalue weighted by Crippen LogP contribution is -2.37. The molecule has 4 rings (SSSR count). The summed E-state index contributed by atoms with van der Waals surface area (Å²) in [5.41, 5.74) is 3.84. The van der Waals surface area contributed by atoms with E-state index in [2.05, 4.69) is 26.0 Å². The van der Waals surface area contributed by atoms with Crippen LogP contribution in [0.15, 0.2) is 65.5 Å². The largest absolute Gasteiger partial charge is 0.497 e. The summed E-state index contributed by atoms with van der Waals surface area (Å²) >= 11 is 0. The van der Waals surface area contributed by atoms with Crippen LogP contribution in [-0.4, -0.2) is 45.2 Å². The van der Waals surface area contributed by atoms with Crippen molar-refractivity contribution < 1.29 is 24.1 Å². The molecule has 9 nitrogen and oxygen atoms in total. The van der Waals surface area contributed by atoms with Gasteiger partial charge in [-0.05, 0) is 87.1 Å². The van der Waals surface area contributed by atoms with Crippen LogP contribution in [0.25, 0.3) is 0 Å². The lowest BCUT2D eigenvalue weighted by Gasteiger charge is -2.21. The van der Waals surface area contributed by atoms with E-state index < -0.39 is 11.6 Å². The van der Waals surface area contributed by atoms with Crippen LogP contribution in [0.5, 0.6) is 17.2 Å². The summed E-state index contributed by atoms with van der Waals surface area (Å²) in [5, 5.41) is 14.1. The van der Waals surface area contributed by atoms with E-state index in [1.165, 1.54) is 29.7 Å². The molecule has 3 aromatic carbocycles. The van der Waals surface area contributed by atoms with Crippen LogP contribution in [0.3, 0.4) is 0 Å². The number of hydrogen-bond acceptors (Lipinski definition) is 6. The Morgan fingerprint density at radius 2 is 1.55 bits per heavy atom. The number of nitrogens with zero attached hydrogens (tertiary/aromatic N) is 3. The highest BCUT2D eigenvalue weighted by Gasteiger charge is 2.29. The second kappa shape index (κ2) is 13.0. The van der Waals surface area contributed by atoms with Crippen molar-refractivity contribution in [3.63, 3.8) is 0 Å². The van der Waals surface area contributed by atoms with Gasteiger partial charge in [-0.1, -0.05) is 30.3 Å². The predicted octanol–water partition coefficient (Wildman–Crippen LogP) is 5.19. The van der Waals surface area contributed by atoms with Gasteiger partial charge in [0, 0.05) is 18.1 Å². The van der Waals surface area contributed by atoms with E-state index >= 15 is 0 Å². The molecule has 1 N–H and O–H groups in total. The second-order valence-corrected chi connectivity index (χ2v) is 11.0. The molecular weight excluding hydrogens is 534 g/mol. The van der Waals surface area contributed by atoms with Gasteiger partial charge in [0.1, 0.15) is 23.1 Å². The van der Waals surface area contributed by atoms with Crippen molar-refractivity contribution in [2.45, 2.75) is 65.6 Å². The van der Waals surface area contributed by atoms with Crippen LogP contribution in [-0.2, 0) is 30.7 Å². The second-order valence-electron chi connectivity index (χ2n) is 11.0. The molecule has 0 aliphatic carbocycles. The Labute approximate surface area is 246 Å². The van der Waals surface area contributed by atoms with Gasteiger partial charge in [0.05, 0.1) is 27.3 Å². The van der Waals surface area contributed by atoms with E-state index in [1.54, 1.807) is 30.9 Å². The molecule has 0 aliphatic rings. The first-order valence-electron chi connectivity index (χ1n) is 14.0. The van der Waals surface area contributed by atoms with Crippen LogP contribution >= 0.6 is 0 Å². The Morgan fingerprint density at radius 3 is 2.19 bits per heavy atom. The average Bonchev–Trinajstić information content (AvgIpc) is 3.25. The van der Waals surface area contributed by atoms with Crippen molar-refractivity contribution in [2.24, 2.45) is 0 Å². The van der Waals surface area contributed by atoms with Gasteiger partial charge in [0.25, 0.3) is 0 Å². The molecule has 0 aliphatic heterocycles. The molecule has 1 heterocycles. The molecule has 0 fully saturated rings. The SMILES string of the molecule is COc1ccc(Cn2c(CCCc3ccc(OC(C)(C)C(=O)O)cc3)nn(Cc3ccc(C)c(C)c3)c2=O)c(OC)c1. The number of carboxylic acids is 1. The summed E-state index contributed by atoms with van der Waals surface area (Å²) < 4.78 is 19.8. The molecule has 222 valence electrons. The monoisotopic (exact) mass is 573 g/mol. The van der Waals surface area contributed by atoms with Gasteiger partial charge >= 0.3 is 11.7 Å². The van der Waals surface area contributed by atoms with E-state index in [4.69, 9.17) is 19.3 Å². The number of carboxylic acid groups (broad SMARTS) is 1. The normalized spacial score (nSPS) is 11.4. The zero-order chi connectivity index (χ0) is 30.4. The minimum atomic E-state index is -1.31. The van der Waals surface area contributed by atoms with Crippen LogP contribution in [0.4, 0.5) is 0 Å². The van der Waals surface area contributed by atoms with Gasteiger partial charge in [-0.15, -0.1) is 0 Å². The molecular formula is C33H39N3O6. The van der Waals surface area contributed by atoms with Gasteiger partial charge in [0.15, 0.2) is 5.60 Å². The van der Waals surface area contributed by atoms with E-state index in [9.17, 15) is 14.7 Å². The van der Waals surface area contributed by atoms with Crippen LogP contribution < -0.4 is 19.9 Å². The quantitative estimate of drug-likeness (QED) is 0.235. The third-order valence-electron chi connectivity index (χ3n) is 7.40. The van der Waals surface area contributed by atoms with E-state index in [-0.39, 0.29) is 5.69 Å². The Hall–Kier alpha value is -4.53. The van der Waals surface area contributed by atoms with Crippen molar-refractivity contribution in [3.05, 3.63) is 105 Å². The summed E-state index contributed by atoms with van der Waals surface area (Å²) in [5.74, 6) is 1.49. The van der Waals surface area contributed by atoms with Crippen LogP contribution in [0.1, 0.15) is 53.9 Å². The summed E-state index contributed by atoms with van der Waals surface area (Å²) in [6, 6.07) is 19.2. The fourth-order valence-electron chi connectivity index (χ4n) is 4.67. The van der Waals surface area contributed by atoms with Gasteiger partial charge in [0.2, 0.25) is 0 Å². The fourth-order valence-corrected chi connectivity index (χ4v) is 4.67. The average molecular weight is 574 g/mol. The van der Waals surface area contributed by atoms with Crippen LogP contribution in [0, 0.1) is 13.8 Å². The number of aryl methyl sites for hydroxylation is 4. The molecule has 0 saturated heterocycles. The Kier molecular flexibility index (Phi) is 9.40. The van der Waals surface area contributed by atoms with Crippen molar-refractivity contribution in [1.29, 1.82) is 0 Å². The topological polar surface area (TPSA) is 105 Å². The Balaban J connectivity index is 1.55. The van der Waals surface area contributed by atoms with Crippen molar-refractivity contribution >= 4 is 5.97 Å². The van der Waals surface area contributed by atoms with Gasteiger partial charge in [-0.25, -0.2) is 14.3 Å². The van der Waals surface area contributed by atoms with Gasteiger partial charge < -0.3 is 19.3 Å². The highest BCUT2D eigenvalue weighted by molar-refractivity contribution is 5.76. The zero-order valence-corrected chi connectivity index (χ0v) is 25.1. The van der Waals surface area contributed by atoms with Crippen LogP contribution in [0.2, 0.25) is 0 Å². The maximum Gasteiger partial charge on any atom is 0.347 e. The van der Waals surface area contributed by atoms with E-state index in [0.717, 1.165) is 29.5 Å². The fraction of sp³-hybridized carbons (Fsp3) is 0.364. The van der Waals surface area contributed by atoms with Gasteiger partial charge in [-0.3, -0.25) is 4.57 Å². The molecule has 1 aromatic heterocycles. The molecule has 0 saturated carbocycles. The van der Waals surface area contributed by atoms with Crippen molar-refractivity contribution in [2.75, 3.05) is 14.2 Å². The summed E-state index contributed by atoms with van der Waals surface area (Å²) in [4.78, 5) is 25.0. The number of benzene rings is 3. The first kappa shape index (κ1) is 30.4. The molecule has 0 radical (unpaired) electrons. The standard InChI is InChI=1S/C33H39N3O6/c1-22-10-11-25(18-23(22)2)20-36-32(39)35(21-26-14-17-28(40-5)19-29(26)41-6)30(34-36)9-7-8-24-12-15-27(16-13-24)42-33(3,4)31(37)38/h10-19H,7-9,20-21H2,1-6H3,(H,37,38). The first-order valence-corrected chi connectivity index (χ1v) is 14.0. The molecule has 0 bridgehead atoms. The van der Waals surface area contributed by atoms with Crippen molar-refractivity contribution in [1.82, 2.24) is 14.3 Å². The minimum absolute atomic E-state index is 0.177. The summed E-state index contributed by atoms with van der Waals surface area (Å²) in [6.45, 7) is 7.87. The predicted molar refractivity (Wildman–Crippen MR) is 161 cm³/mol. The molecule has 4 aromatic rings. The number of carbonyl (C=O) groups is 1. The molecule has 0 unspecified atom stereocenters. The van der Waals surface area contributed by atoms with Crippen molar-refractivity contribution in [3.8, 4) is 17.2 Å². The number of rotatable bonds is 13. The lowest BCUT2D eigenvalue weighted by molar-refractivity contribution is -0.152. The molecule has 0 atom stereocenters. The maximum atomic E-state index is 13.6. The maximum absolute atomic E-state index is 13.6. The molecule has 0 spiro atoms. The number of hydrogen-bond donors (Lipinski definition) is 1. The highest BCUT2D eigenvalue weighted by atomic mass is 16.5. The number of aromatic nitrogens is 3. The number of methoxy groups -OCH3 is 2. The minimum Gasteiger partial charge on any atom is -0.497 e. The van der Waals surface area contributed by atoms with E-state index in [1.807, 2.05) is 36.4 Å². The Morgan fingerprint density at radius 1 is 0.857 bits per heavy atom. The number of aliphatic carboxylic acids is 1. The summed E-state index contributed by atoms with van der Waals surface area (Å²) in [7, 11) is 3.20. The van der Waals surface area contributed by atoms with E-state index in [0.29, 0.717) is 42.6 Å².